The molecule has 2 aromatic rings. The van der Waals surface area contributed by atoms with Crippen molar-refractivity contribution < 1.29 is 14.1 Å². The van der Waals surface area contributed by atoms with E-state index < -0.39 is 0 Å². The Morgan fingerprint density at radius 2 is 2.18 bits per heavy atom. The summed E-state index contributed by atoms with van der Waals surface area (Å²) in [5, 5.41) is 9.78. The first-order chi connectivity index (χ1) is 10.3. The van der Waals surface area contributed by atoms with Crippen LogP contribution in [0.3, 0.4) is 0 Å². The predicted molar refractivity (Wildman–Crippen MR) is 81.9 cm³/mol. The second kappa shape index (κ2) is 7.88. The van der Waals surface area contributed by atoms with Gasteiger partial charge in [-0.05, 0) is 12.1 Å². The Morgan fingerprint density at radius 3 is 2.91 bits per heavy atom. The van der Waals surface area contributed by atoms with E-state index in [9.17, 15) is 4.79 Å². The van der Waals surface area contributed by atoms with Crippen molar-refractivity contribution in [1.29, 1.82) is 0 Å². The number of benzene rings is 1. The molecule has 1 aliphatic heterocycles. The molecule has 1 amide bonds. The van der Waals surface area contributed by atoms with Gasteiger partial charge in [-0.15, -0.1) is 12.4 Å². The van der Waals surface area contributed by atoms with Crippen LogP contribution in [0.4, 0.5) is 5.69 Å². The number of ether oxygens (including phenoxy) is 1. The maximum Gasteiger partial charge on any atom is 0.257 e. The van der Waals surface area contributed by atoms with Crippen molar-refractivity contribution in [3.63, 3.8) is 0 Å². The SMILES string of the molecule is Cl.O=C(Cc1noc([C@@H]2CNCCO2)n1)Nc1ccccc1. The number of carbonyl (C=O) groups excluding carboxylic acids is 1. The van der Waals surface area contributed by atoms with Crippen LogP contribution in [0.15, 0.2) is 34.9 Å². The van der Waals surface area contributed by atoms with Crippen molar-refractivity contribution in [2.75, 3.05) is 25.0 Å². The van der Waals surface area contributed by atoms with Crippen LogP contribution in [0.2, 0.25) is 0 Å². The lowest BCUT2D eigenvalue weighted by molar-refractivity contribution is -0.115. The molecule has 2 N–H and O–H groups in total. The fourth-order valence-corrected chi connectivity index (χ4v) is 2.06. The number of hydrogen-bond acceptors (Lipinski definition) is 6. The van der Waals surface area contributed by atoms with Gasteiger partial charge in [-0.1, -0.05) is 23.4 Å². The molecule has 8 heteroatoms. The molecule has 0 unspecified atom stereocenters. The van der Waals surface area contributed by atoms with Crippen molar-refractivity contribution in [2.45, 2.75) is 12.5 Å². The highest BCUT2D eigenvalue weighted by molar-refractivity contribution is 5.91. The summed E-state index contributed by atoms with van der Waals surface area (Å²) in [5.74, 6) is 0.577. The summed E-state index contributed by atoms with van der Waals surface area (Å²) in [6.07, 6.45) is -0.171. The van der Waals surface area contributed by atoms with Gasteiger partial charge in [0, 0.05) is 18.8 Å². The van der Waals surface area contributed by atoms with Crippen LogP contribution in [0.5, 0.6) is 0 Å². The Balaban J connectivity index is 0.00000176. The minimum atomic E-state index is -0.239. The Hall–Kier alpha value is -1.96. The van der Waals surface area contributed by atoms with Gasteiger partial charge in [-0.2, -0.15) is 4.98 Å². The number of carbonyl (C=O) groups is 1. The van der Waals surface area contributed by atoms with Crippen LogP contribution in [0, 0.1) is 0 Å². The molecule has 1 atom stereocenters. The van der Waals surface area contributed by atoms with Gasteiger partial charge in [0.15, 0.2) is 5.82 Å². The first kappa shape index (κ1) is 16.4. The van der Waals surface area contributed by atoms with E-state index in [1.54, 1.807) is 0 Å². The Kier molecular flexibility index (Phi) is 5.88. The fraction of sp³-hybridized carbons (Fsp3) is 0.357. The number of nitrogens with zero attached hydrogens (tertiary/aromatic N) is 2. The number of anilines is 1. The molecule has 0 spiro atoms. The summed E-state index contributed by atoms with van der Waals surface area (Å²) in [6.45, 7) is 2.06. The number of para-hydroxylation sites is 1. The molecule has 1 saturated heterocycles. The number of rotatable bonds is 4. The molecule has 1 fully saturated rings. The lowest BCUT2D eigenvalue weighted by Crippen LogP contribution is -2.33. The van der Waals surface area contributed by atoms with E-state index >= 15 is 0 Å². The quantitative estimate of drug-likeness (QED) is 0.882. The van der Waals surface area contributed by atoms with E-state index in [0.29, 0.717) is 24.9 Å². The Labute approximate surface area is 133 Å². The van der Waals surface area contributed by atoms with Gasteiger partial charge in [0.25, 0.3) is 5.89 Å². The second-order valence-corrected chi connectivity index (χ2v) is 4.70. The summed E-state index contributed by atoms with van der Waals surface area (Å²) in [7, 11) is 0. The van der Waals surface area contributed by atoms with Gasteiger partial charge >= 0.3 is 0 Å². The average Bonchev–Trinajstić information content (AvgIpc) is 2.97. The zero-order valence-corrected chi connectivity index (χ0v) is 12.6. The van der Waals surface area contributed by atoms with Gasteiger partial charge in [0.2, 0.25) is 5.91 Å². The molecule has 0 bridgehead atoms. The monoisotopic (exact) mass is 324 g/mol. The number of amides is 1. The highest BCUT2D eigenvalue weighted by Gasteiger charge is 2.22. The molecule has 0 radical (unpaired) electrons. The van der Waals surface area contributed by atoms with Crippen LogP contribution >= 0.6 is 12.4 Å². The van der Waals surface area contributed by atoms with Crippen LogP contribution in [-0.4, -0.2) is 35.7 Å². The molecule has 2 heterocycles. The standard InChI is InChI=1S/C14H16N4O3.ClH/c19-13(16-10-4-2-1-3-5-10)8-12-17-14(21-18-12)11-9-15-6-7-20-11;/h1-5,11,15H,6-9H2,(H,16,19);1H/t11-;/m0./s1. The maximum absolute atomic E-state index is 11.9. The number of nitrogens with one attached hydrogen (secondary N) is 2. The maximum atomic E-state index is 11.9. The van der Waals surface area contributed by atoms with Gasteiger partial charge in [0.05, 0.1) is 13.0 Å². The van der Waals surface area contributed by atoms with E-state index in [0.717, 1.165) is 12.2 Å². The van der Waals surface area contributed by atoms with Crippen molar-refractivity contribution in [1.82, 2.24) is 15.5 Å². The van der Waals surface area contributed by atoms with Gasteiger partial charge in [0.1, 0.15) is 6.10 Å². The summed E-state index contributed by atoms with van der Waals surface area (Å²) < 4.78 is 10.7. The van der Waals surface area contributed by atoms with Crippen LogP contribution in [-0.2, 0) is 16.0 Å². The van der Waals surface area contributed by atoms with Crippen molar-refractivity contribution in [2.24, 2.45) is 0 Å². The molecular weight excluding hydrogens is 308 g/mol. The Morgan fingerprint density at radius 1 is 1.36 bits per heavy atom. The number of morpholine rings is 1. The minimum absolute atomic E-state index is 0. The zero-order valence-electron chi connectivity index (χ0n) is 11.8. The highest BCUT2D eigenvalue weighted by Crippen LogP contribution is 2.16. The zero-order chi connectivity index (χ0) is 14.5. The predicted octanol–water partition coefficient (Wildman–Crippen LogP) is 1.33. The summed E-state index contributed by atoms with van der Waals surface area (Å²) in [6, 6.07) is 9.24. The minimum Gasteiger partial charge on any atom is -0.366 e. The molecule has 118 valence electrons. The van der Waals surface area contributed by atoms with E-state index in [1.165, 1.54) is 0 Å². The molecular formula is C14H17ClN4O3. The van der Waals surface area contributed by atoms with Crippen molar-refractivity contribution in [3.8, 4) is 0 Å². The molecule has 0 saturated carbocycles. The third-order valence-electron chi connectivity index (χ3n) is 3.06. The summed E-state index contributed by atoms with van der Waals surface area (Å²) >= 11 is 0. The molecule has 7 nitrogen and oxygen atoms in total. The normalized spacial score (nSPS) is 17.5. The first-order valence-electron chi connectivity index (χ1n) is 6.81. The van der Waals surface area contributed by atoms with Crippen LogP contribution in [0.25, 0.3) is 0 Å². The molecule has 1 aromatic carbocycles. The lowest BCUT2D eigenvalue weighted by Gasteiger charge is -2.19. The van der Waals surface area contributed by atoms with Crippen molar-refractivity contribution in [3.05, 3.63) is 42.0 Å². The van der Waals surface area contributed by atoms with Crippen molar-refractivity contribution >= 4 is 24.0 Å². The van der Waals surface area contributed by atoms with Gasteiger partial charge < -0.3 is 19.9 Å². The second-order valence-electron chi connectivity index (χ2n) is 4.70. The Bertz CT molecular complexity index is 599. The molecule has 0 aliphatic carbocycles. The number of hydrogen-bond donors (Lipinski definition) is 2. The summed E-state index contributed by atoms with van der Waals surface area (Å²) in [5.41, 5.74) is 0.742. The first-order valence-corrected chi connectivity index (χ1v) is 6.81. The fourth-order valence-electron chi connectivity index (χ4n) is 2.06. The van der Waals surface area contributed by atoms with Gasteiger partial charge in [-0.25, -0.2) is 0 Å². The summed E-state index contributed by atoms with van der Waals surface area (Å²) in [4.78, 5) is 16.1. The van der Waals surface area contributed by atoms with Crippen LogP contribution < -0.4 is 10.6 Å². The number of halogens is 1. The smallest absolute Gasteiger partial charge is 0.257 e. The van der Waals surface area contributed by atoms with E-state index in [1.807, 2.05) is 30.3 Å². The molecule has 22 heavy (non-hydrogen) atoms. The highest BCUT2D eigenvalue weighted by atomic mass is 35.5. The van der Waals surface area contributed by atoms with Gasteiger partial charge in [-0.3, -0.25) is 4.79 Å². The van der Waals surface area contributed by atoms with E-state index in [4.69, 9.17) is 9.26 Å². The average molecular weight is 325 g/mol. The van der Waals surface area contributed by atoms with E-state index in [-0.39, 0.29) is 30.8 Å². The topological polar surface area (TPSA) is 89.3 Å². The molecule has 3 rings (SSSR count). The number of aromatic nitrogens is 2. The molecule has 1 aliphatic rings. The van der Waals surface area contributed by atoms with Crippen LogP contribution in [0.1, 0.15) is 17.8 Å². The molecule has 1 aromatic heterocycles. The van der Waals surface area contributed by atoms with E-state index in [2.05, 4.69) is 20.8 Å². The third-order valence-corrected chi connectivity index (χ3v) is 3.06. The lowest BCUT2D eigenvalue weighted by atomic mass is 10.3. The third kappa shape index (κ3) is 4.27. The largest absolute Gasteiger partial charge is 0.366 e.